The monoisotopic (exact) mass is 414 g/mol. The Bertz CT molecular complexity index is 642. The van der Waals surface area contributed by atoms with Crippen molar-refractivity contribution in [3.63, 3.8) is 0 Å². The average molecular weight is 414 g/mol. The smallest absolute Gasteiger partial charge is 0.343 e. The molecule has 22 heavy (non-hydrogen) atoms. The van der Waals surface area contributed by atoms with Gasteiger partial charge in [-0.1, -0.05) is 0 Å². The highest BCUT2D eigenvalue weighted by molar-refractivity contribution is 14.1. The van der Waals surface area contributed by atoms with Gasteiger partial charge in [-0.25, -0.2) is 4.79 Å². The van der Waals surface area contributed by atoms with E-state index in [2.05, 4.69) is 22.6 Å². The number of ether oxygens (including phenoxy) is 4. The molecule has 0 saturated heterocycles. The minimum Gasteiger partial charge on any atom is -0.493 e. The molecule has 0 amide bonds. The lowest BCUT2D eigenvalue weighted by Crippen LogP contribution is -2.09. The summed E-state index contributed by atoms with van der Waals surface area (Å²) in [5, 5.41) is 0. The van der Waals surface area contributed by atoms with Gasteiger partial charge in [0, 0.05) is 3.57 Å². The lowest BCUT2D eigenvalue weighted by atomic mass is 10.2. The first-order valence-corrected chi connectivity index (χ1v) is 7.44. The van der Waals surface area contributed by atoms with E-state index >= 15 is 0 Å². The minimum absolute atomic E-state index is 0.313. The van der Waals surface area contributed by atoms with E-state index in [4.69, 9.17) is 18.9 Å². The molecule has 2 aromatic rings. The van der Waals surface area contributed by atoms with Crippen molar-refractivity contribution in [2.24, 2.45) is 0 Å². The Hall–Kier alpha value is -1.96. The van der Waals surface area contributed by atoms with E-state index in [0.29, 0.717) is 28.6 Å². The number of carbonyl (C=O) groups is 1. The number of halogens is 1. The molecule has 0 bridgehead atoms. The van der Waals surface area contributed by atoms with Crippen LogP contribution in [0, 0.1) is 3.57 Å². The van der Waals surface area contributed by atoms with E-state index in [0.717, 1.165) is 3.57 Å². The van der Waals surface area contributed by atoms with Crippen molar-refractivity contribution in [3.05, 3.63) is 45.5 Å². The molecule has 2 aromatic carbocycles. The zero-order chi connectivity index (χ0) is 16.1. The number of esters is 1. The summed E-state index contributed by atoms with van der Waals surface area (Å²) < 4.78 is 22.1. The Morgan fingerprint density at radius 2 is 1.45 bits per heavy atom. The quantitative estimate of drug-likeness (QED) is 0.426. The third kappa shape index (κ3) is 3.62. The van der Waals surface area contributed by atoms with Gasteiger partial charge in [-0.3, -0.25) is 0 Å². The lowest BCUT2D eigenvalue weighted by molar-refractivity contribution is 0.0734. The van der Waals surface area contributed by atoms with E-state index in [9.17, 15) is 4.79 Å². The molecule has 0 heterocycles. The molecule has 0 atom stereocenters. The Morgan fingerprint density at radius 3 is 1.91 bits per heavy atom. The maximum absolute atomic E-state index is 12.3. The van der Waals surface area contributed by atoms with Crippen LogP contribution < -0.4 is 18.9 Å². The van der Waals surface area contributed by atoms with Gasteiger partial charge in [0.2, 0.25) is 5.75 Å². The van der Waals surface area contributed by atoms with Gasteiger partial charge >= 0.3 is 5.97 Å². The second-order valence-corrected chi connectivity index (χ2v) is 5.50. The van der Waals surface area contributed by atoms with Crippen molar-refractivity contribution < 1.29 is 23.7 Å². The van der Waals surface area contributed by atoms with Crippen LogP contribution in [0.15, 0.2) is 36.4 Å². The predicted octanol–water partition coefficient (Wildman–Crippen LogP) is 3.54. The Balaban J connectivity index is 2.31. The topological polar surface area (TPSA) is 54.0 Å². The van der Waals surface area contributed by atoms with Crippen LogP contribution in [-0.2, 0) is 0 Å². The van der Waals surface area contributed by atoms with Gasteiger partial charge in [-0.2, -0.15) is 0 Å². The Labute approximate surface area is 142 Å². The molecule has 0 spiro atoms. The molecule has 0 aliphatic heterocycles. The number of benzene rings is 2. The first kappa shape index (κ1) is 16.4. The molecule has 2 rings (SSSR count). The molecule has 0 aromatic heterocycles. The summed E-state index contributed by atoms with van der Waals surface area (Å²) in [6, 6.07) is 10.3. The number of hydrogen-bond acceptors (Lipinski definition) is 5. The third-order valence-electron chi connectivity index (χ3n) is 2.92. The molecule has 0 N–H and O–H groups in total. The highest BCUT2D eigenvalue weighted by atomic mass is 127. The molecule has 0 aliphatic rings. The van der Waals surface area contributed by atoms with E-state index in [1.807, 2.05) is 12.1 Å². The van der Waals surface area contributed by atoms with Crippen LogP contribution in [0.3, 0.4) is 0 Å². The molecule has 0 fully saturated rings. The summed E-state index contributed by atoms with van der Waals surface area (Å²) >= 11 is 2.18. The fraction of sp³-hybridized carbons (Fsp3) is 0.188. The molecule has 0 unspecified atom stereocenters. The highest BCUT2D eigenvalue weighted by Gasteiger charge is 2.18. The van der Waals surface area contributed by atoms with Crippen molar-refractivity contribution in [1.29, 1.82) is 0 Å². The Kier molecular flexibility index (Phi) is 5.48. The van der Waals surface area contributed by atoms with Crippen molar-refractivity contribution in [1.82, 2.24) is 0 Å². The van der Waals surface area contributed by atoms with Gasteiger partial charge in [0.05, 0.1) is 26.9 Å². The maximum Gasteiger partial charge on any atom is 0.343 e. The first-order chi connectivity index (χ1) is 10.6. The summed E-state index contributed by atoms with van der Waals surface area (Å²) in [6.45, 7) is 0. The van der Waals surface area contributed by atoms with Crippen LogP contribution >= 0.6 is 22.6 Å². The number of hydrogen-bond donors (Lipinski definition) is 0. The van der Waals surface area contributed by atoms with Gasteiger partial charge < -0.3 is 18.9 Å². The van der Waals surface area contributed by atoms with Gasteiger partial charge in [0.15, 0.2) is 11.5 Å². The second kappa shape index (κ2) is 7.35. The zero-order valence-electron chi connectivity index (χ0n) is 12.4. The number of rotatable bonds is 5. The van der Waals surface area contributed by atoms with Crippen LogP contribution in [0.1, 0.15) is 10.4 Å². The predicted molar refractivity (Wildman–Crippen MR) is 90.2 cm³/mol. The summed E-state index contributed by atoms with van der Waals surface area (Å²) in [6.07, 6.45) is 0. The summed E-state index contributed by atoms with van der Waals surface area (Å²) in [4.78, 5) is 12.3. The fourth-order valence-corrected chi connectivity index (χ4v) is 2.23. The molecule has 116 valence electrons. The van der Waals surface area contributed by atoms with Gasteiger partial charge in [-0.05, 0) is 59.0 Å². The van der Waals surface area contributed by atoms with Crippen LogP contribution in [-0.4, -0.2) is 27.3 Å². The summed E-state index contributed by atoms with van der Waals surface area (Å²) in [5.74, 6) is 1.20. The SMILES string of the molecule is COc1cc(C(=O)Oc2ccc(I)cc2)cc(OC)c1OC. The zero-order valence-corrected chi connectivity index (χ0v) is 14.5. The summed E-state index contributed by atoms with van der Waals surface area (Å²) in [5.41, 5.74) is 0.313. The molecule has 5 nitrogen and oxygen atoms in total. The van der Waals surface area contributed by atoms with Crippen molar-refractivity contribution >= 4 is 28.6 Å². The van der Waals surface area contributed by atoms with Gasteiger partial charge in [0.25, 0.3) is 0 Å². The molecule has 6 heteroatoms. The van der Waals surface area contributed by atoms with E-state index in [1.165, 1.54) is 21.3 Å². The number of carbonyl (C=O) groups excluding carboxylic acids is 1. The van der Waals surface area contributed by atoms with Gasteiger partial charge in [-0.15, -0.1) is 0 Å². The van der Waals surface area contributed by atoms with E-state index in [-0.39, 0.29) is 0 Å². The average Bonchev–Trinajstić information content (AvgIpc) is 2.55. The third-order valence-corrected chi connectivity index (χ3v) is 3.64. The highest BCUT2D eigenvalue weighted by Crippen LogP contribution is 2.38. The molecular formula is C16H15IO5. The van der Waals surface area contributed by atoms with E-state index < -0.39 is 5.97 Å². The van der Waals surface area contributed by atoms with Gasteiger partial charge in [0.1, 0.15) is 5.75 Å². The maximum atomic E-state index is 12.3. The largest absolute Gasteiger partial charge is 0.493 e. The van der Waals surface area contributed by atoms with Crippen molar-refractivity contribution in [3.8, 4) is 23.0 Å². The van der Waals surface area contributed by atoms with Crippen LogP contribution in [0.4, 0.5) is 0 Å². The van der Waals surface area contributed by atoms with Crippen LogP contribution in [0.2, 0.25) is 0 Å². The van der Waals surface area contributed by atoms with E-state index in [1.54, 1.807) is 24.3 Å². The lowest BCUT2D eigenvalue weighted by Gasteiger charge is -2.13. The molecule has 0 radical (unpaired) electrons. The van der Waals surface area contributed by atoms with Crippen LogP contribution in [0.5, 0.6) is 23.0 Å². The normalized spacial score (nSPS) is 10.0. The van der Waals surface area contributed by atoms with Crippen molar-refractivity contribution in [2.45, 2.75) is 0 Å². The molecule has 0 aliphatic carbocycles. The molecule has 0 saturated carbocycles. The first-order valence-electron chi connectivity index (χ1n) is 6.36. The number of methoxy groups -OCH3 is 3. The van der Waals surface area contributed by atoms with Crippen molar-refractivity contribution in [2.75, 3.05) is 21.3 Å². The molecular weight excluding hydrogens is 399 g/mol. The second-order valence-electron chi connectivity index (χ2n) is 4.26. The minimum atomic E-state index is -0.500. The fourth-order valence-electron chi connectivity index (χ4n) is 1.87. The van der Waals surface area contributed by atoms with Crippen LogP contribution in [0.25, 0.3) is 0 Å². The standard InChI is InChI=1S/C16H15IO5/c1-19-13-8-10(9-14(20-2)15(13)21-3)16(18)22-12-6-4-11(17)5-7-12/h4-9H,1-3H3. The summed E-state index contributed by atoms with van der Waals surface area (Å²) in [7, 11) is 4.49. The Morgan fingerprint density at radius 1 is 0.909 bits per heavy atom.